The van der Waals surface area contributed by atoms with Crippen molar-refractivity contribution in [2.24, 2.45) is 11.8 Å². The van der Waals surface area contributed by atoms with Crippen molar-refractivity contribution in [3.05, 3.63) is 29.3 Å². The van der Waals surface area contributed by atoms with Gasteiger partial charge in [-0.2, -0.15) is 11.8 Å². The van der Waals surface area contributed by atoms with E-state index in [0.717, 1.165) is 43.1 Å². The lowest BCUT2D eigenvalue weighted by Gasteiger charge is -2.58. The third kappa shape index (κ3) is 4.64. The average molecular weight is 519 g/mol. The molecule has 0 aromatic heterocycles. The predicted octanol–water partition coefficient (Wildman–Crippen LogP) is 4.88. The molecule has 3 aliphatic heterocycles. The average Bonchev–Trinajstić information content (AvgIpc) is 3.38. The van der Waals surface area contributed by atoms with Crippen molar-refractivity contribution in [3.8, 4) is 5.75 Å². The molecule has 1 amide bonds. The number of ether oxygens (including phenoxy) is 1. The number of likely N-dealkylation sites (N-methyl/N-ethyl adjacent to an activating group) is 1. The van der Waals surface area contributed by atoms with E-state index in [4.69, 9.17) is 4.74 Å². The van der Waals surface area contributed by atoms with Crippen LogP contribution in [0.2, 0.25) is 0 Å². The number of carbonyl (C=O) groups excluding carboxylic acids is 2. The van der Waals surface area contributed by atoms with Gasteiger partial charge in [-0.15, -0.1) is 12.4 Å². The number of carbonyl (C=O) groups is 2. The molecule has 0 radical (unpaired) electrons. The Hall–Kier alpha value is -1.24. The molecule has 1 N–H and O–H groups in total. The maximum absolute atomic E-state index is 12.6. The largest absolute Gasteiger partial charge is 0.427 e. The Morgan fingerprint density at radius 3 is 3.00 bits per heavy atom. The molecule has 3 unspecified atom stereocenters. The number of fused-ring (bicyclic) bond motifs is 2. The Morgan fingerprint density at radius 1 is 1.23 bits per heavy atom. The number of benzene rings is 1. The smallest absolute Gasteiger partial charge is 0.311 e. The molecule has 1 aromatic rings. The number of unbranched alkanes of at least 4 members (excludes halogenated alkanes) is 1. The van der Waals surface area contributed by atoms with Gasteiger partial charge in [0, 0.05) is 35.6 Å². The first kappa shape index (κ1) is 25.4. The lowest BCUT2D eigenvalue weighted by atomic mass is 9.52. The number of halogens is 1. The summed E-state index contributed by atoms with van der Waals surface area (Å²) < 4.78 is 5.86. The molecule has 2 aliphatic carbocycles. The highest BCUT2D eigenvalue weighted by atomic mass is 35.5. The number of thioether (sulfide) groups is 1. The second kappa shape index (κ2) is 10.3. The Balaban J connectivity index is 0.00000253. The van der Waals surface area contributed by atoms with Crippen molar-refractivity contribution < 1.29 is 14.3 Å². The van der Waals surface area contributed by atoms with Gasteiger partial charge in [0.25, 0.3) is 0 Å². The van der Waals surface area contributed by atoms with Crippen molar-refractivity contribution in [2.75, 3.05) is 19.3 Å². The molecule has 5 nitrogen and oxygen atoms in total. The van der Waals surface area contributed by atoms with Crippen LogP contribution < -0.4 is 10.1 Å². The number of rotatable bonds is 6. The second-order valence-corrected chi connectivity index (χ2v) is 12.8. The van der Waals surface area contributed by atoms with Crippen LogP contribution in [0.5, 0.6) is 5.75 Å². The normalized spacial score (nSPS) is 35.3. The number of esters is 1. The Kier molecular flexibility index (Phi) is 7.45. The molecule has 3 heterocycles. The Bertz CT molecular complexity index is 974. The molecule has 35 heavy (non-hydrogen) atoms. The summed E-state index contributed by atoms with van der Waals surface area (Å²) in [7, 11) is 2.30. The van der Waals surface area contributed by atoms with Gasteiger partial charge >= 0.3 is 5.97 Å². The first-order chi connectivity index (χ1) is 16.5. The van der Waals surface area contributed by atoms with Gasteiger partial charge in [0.05, 0.1) is 0 Å². The van der Waals surface area contributed by atoms with Crippen LogP contribution in [0.1, 0.15) is 75.3 Å². The second-order valence-electron chi connectivity index (χ2n) is 11.5. The molecular formula is C28H39ClN2O3S. The van der Waals surface area contributed by atoms with Crippen molar-refractivity contribution in [1.82, 2.24) is 10.2 Å². The third-order valence-corrected chi connectivity index (χ3v) is 11.2. The molecule has 1 aromatic carbocycles. The van der Waals surface area contributed by atoms with Crippen molar-refractivity contribution >= 4 is 36.0 Å². The van der Waals surface area contributed by atoms with E-state index in [9.17, 15) is 9.59 Å². The molecule has 5 aliphatic rings. The number of nitrogens with one attached hydrogen (secondary N) is 1. The van der Waals surface area contributed by atoms with E-state index in [0.29, 0.717) is 36.1 Å². The molecule has 0 spiro atoms. The monoisotopic (exact) mass is 518 g/mol. The van der Waals surface area contributed by atoms with Crippen LogP contribution in [0.25, 0.3) is 0 Å². The fourth-order valence-corrected chi connectivity index (χ4v) is 9.59. The summed E-state index contributed by atoms with van der Waals surface area (Å²) in [6.45, 7) is 1.18. The van der Waals surface area contributed by atoms with E-state index in [-0.39, 0.29) is 29.7 Å². The highest BCUT2D eigenvalue weighted by molar-refractivity contribution is 8.00. The maximum Gasteiger partial charge on any atom is 0.311 e. The van der Waals surface area contributed by atoms with Gasteiger partial charge in [-0.3, -0.25) is 9.59 Å². The van der Waals surface area contributed by atoms with Crippen LogP contribution in [0.3, 0.4) is 0 Å². The lowest BCUT2D eigenvalue weighted by molar-refractivity contribution is -0.134. The highest BCUT2D eigenvalue weighted by Crippen LogP contribution is 2.56. The number of nitrogens with zero attached hydrogens (tertiary/aromatic N) is 1. The van der Waals surface area contributed by atoms with Crippen LogP contribution >= 0.6 is 24.2 Å². The molecular weight excluding hydrogens is 480 g/mol. The van der Waals surface area contributed by atoms with Gasteiger partial charge in [-0.05, 0) is 93.0 Å². The van der Waals surface area contributed by atoms with Crippen LogP contribution in [-0.2, 0) is 21.4 Å². The topological polar surface area (TPSA) is 58.6 Å². The van der Waals surface area contributed by atoms with Crippen molar-refractivity contribution in [1.29, 1.82) is 0 Å². The summed E-state index contributed by atoms with van der Waals surface area (Å²) in [5, 5.41) is 3.66. The molecule has 1 saturated carbocycles. The van der Waals surface area contributed by atoms with E-state index in [1.54, 1.807) is 0 Å². The minimum atomic E-state index is -0.110. The number of likely N-dealkylation sites (tertiary alicyclic amines) is 1. The zero-order chi connectivity index (χ0) is 23.3. The van der Waals surface area contributed by atoms with E-state index < -0.39 is 0 Å². The van der Waals surface area contributed by atoms with Gasteiger partial charge in [-0.1, -0.05) is 25.3 Å². The Labute approximate surface area is 219 Å². The molecule has 6 atom stereocenters. The van der Waals surface area contributed by atoms with Crippen LogP contribution in [0.4, 0.5) is 0 Å². The summed E-state index contributed by atoms with van der Waals surface area (Å²) >= 11 is 1.99. The lowest BCUT2D eigenvalue weighted by Crippen LogP contribution is -2.59. The zero-order valence-electron chi connectivity index (χ0n) is 20.8. The van der Waals surface area contributed by atoms with E-state index >= 15 is 0 Å². The molecule has 4 fully saturated rings. The van der Waals surface area contributed by atoms with E-state index in [1.807, 2.05) is 17.8 Å². The molecule has 2 bridgehead atoms. The van der Waals surface area contributed by atoms with Gasteiger partial charge in [0.1, 0.15) is 5.75 Å². The van der Waals surface area contributed by atoms with Crippen molar-refractivity contribution in [3.63, 3.8) is 0 Å². The van der Waals surface area contributed by atoms with Crippen LogP contribution in [-0.4, -0.2) is 53.5 Å². The molecule has 3 saturated heterocycles. The summed E-state index contributed by atoms with van der Waals surface area (Å²) in [4.78, 5) is 26.9. The summed E-state index contributed by atoms with van der Waals surface area (Å²) in [5.41, 5.74) is 3.25. The Morgan fingerprint density at radius 2 is 2.11 bits per heavy atom. The van der Waals surface area contributed by atoms with Crippen LogP contribution in [0.15, 0.2) is 18.2 Å². The van der Waals surface area contributed by atoms with Crippen LogP contribution in [0, 0.1) is 11.8 Å². The SMILES string of the molecule is CN1CC[C@]23CCCC[C@H]2[C@H]1Cc1ccc(OC(=O)CCCCC2SCC4CC(=O)NC42)cc13.Cl. The summed E-state index contributed by atoms with van der Waals surface area (Å²) in [5.74, 6) is 3.19. The minimum Gasteiger partial charge on any atom is -0.427 e. The number of hydrogen-bond acceptors (Lipinski definition) is 5. The van der Waals surface area contributed by atoms with E-state index in [1.165, 1.54) is 49.8 Å². The summed E-state index contributed by atoms with van der Waals surface area (Å²) in [6, 6.07) is 7.50. The maximum atomic E-state index is 12.6. The number of piperidine rings is 1. The fourth-order valence-electron chi connectivity index (χ4n) is 7.94. The zero-order valence-corrected chi connectivity index (χ0v) is 22.4. The van der Waals surface area contributed by atoms with Gasteiger partial charge < -0.3 is 15.0 Å². The molecule has 192 valence electrons. The highest BCUT2D eigenvalue weighted by Gasteiger charge is 2.53. The predicted molar refractivity (Wildman–Crippen MR) is 142 cm³/mol. The number of amides is 1. The standard InChI is InChI=1S/C28H38N2O3S.ClH/c1-30-13-12-28-11-5-4-6-21(28)23(30)14-18-9-10-20(16-22(18)28)33-26(32)8-3-2-7-24-27-19(17-34-24)15-25(31)29-27;/h9-10,16,19,21,23-24,27H,2-8,11-15,17H2,1H3,(H,29,31);1H/t19?,21-,23+,24?,27?,28+;/m0./s1. The van der Waals surface area contributed by atoms with Gasteiger partial charge in [-0.25, -0.2) is 0 Å². The minimum absolute atomic E-state index is 0. The third-order valence-electron chi connectivity index (χ3n) is 9.65. The van der Waals surface area contributed by atoms with Crippen molar-refractivity contribution in [2.45, 2.75) is 93.4 Å². The number of hydrogen-bond donors (Lipinski definition) is 1. The molecule has 6 rings (SSSR count). The molecule has 7 heteroatoms. The first-order valence-electron chi connectivity index (χ1n) is 13.5. The first-order valence-corrected chi connectivity index (χ1v) is 14.5. The quantitative estimate of drug-likeness (QED) is 0.330. The van der Waals surface area contributed by atoms with Gasteiger partial charge in [0.2, 0.25) is 5.91 Å². The fraction of sp³-hybridized carbons (Fsp3) is 0.714. The van der Waals surface area contributed by atoms with E-state index in [2.05, 4.69) is 29.4 Å². The van der Waals surface area contributed by atoms with Gasteiger partial charge in [0.15, 0.2) is 0 Å². The summed E-state index contributed by atoms with van der Waals surface area (Å²) in [6.07, 6.45) is 11.8.